The quantitative estimate of drug-likeness (QED) is 0.414. The topological polar surface area (TPSA) is 73.3 Å². The molecule has 2 aromatic carbocycles. The molecule has 1 aliphatic heterocycles. The molecular formula is C22H24BrClFN3O2S2. The van der Waals surface area contributed by atoms with Crippen molar-refractivity contribution < 1.29 is 13.4 Å². The van der Waals surface area contributed by atoms with Crippen molar-refractivity contribution in [2.75, 3.05) is 25.9 Å². The molecule has 2 N–H and O–H groups in total. The molecule has 0 aliphatic carbocycles. The Hall–Kier alpha value is -1.39. The van der Waals surface area contributed by atoms with Crippen LogP contribution in [0.15, 0.2) is 63.3 Å². The third-order valence-electron chi connectivity index (χ3n) is 4.99. The zero-order chi connectivity index (χ0) is 23.4. The molecule has 5 nitrogen and oxygen atoms in total. The molecule has 32 heavy (non-hydrogen) atoms. The highest BCUT2D eigenvalue weighted by Gasteiger charge is 2.41. The maximum absolute atomic E-state index is 15.2. The number of nitrogens with one attached hydrogen (secondary N) is 2. The van der Waals surface area contributed by atoms with Gasteiger partial charge in [0.05, 0.1) is 9.73 Å². The Morgan fingerprint density at radius 2 is 2.00 bits per heavy atom. The molecule has 1 aliphatic rings. The van der Waals surface area contributed by atoms with E-state index >= 15 is 4.39 Å². The van der Waals surface area contributed by atoms with Crippen molar-refractivity contribution in [2.45, 2.75) is 23.4 Å². The smallest absolute Gasteiger partial charge is 0.258 e. The molecule has 1 saturated heterocycles. The van der Waals surface area contributed by atoms with Gasteiger partial charge in [0.1, 0.15) is 0 Å². The van der Waals surface area contributed by atoms with Gasteiger partial charge in [-0.2, -0.15) is 0 Å². The van der Waals surface area contributed by atoms with Crippen LogP contribution in [0.4, 0.5) is 4.39 Å². The van der Waals surface area contributed by atoms with Crippen LogP contribution < -0.4 is 5.32 Å². The van der Waals surface area contributed by atoms with Crippen molar-refractivity contribution in [3.05, 3.63) is 63.4 Å². The number of carbonyl (C=O) groups is 1. The number of piperidine rings is 1. The fourth-order valence-electron chi connectivity index (χ4n) is 3.31. The Morgan fingerprint density at radius 1 is 1.31 bits per heavy atom. The Kier molecular flexibility index (Phi) is 8.43. The van der Waals surface area contributed by atoms with Gasteiger partial charge in [-0.3, -0.25) is 4.79 Å². The van der Waals surface area contributed by atoms with Crippen molar-refractivity contribution in [1.82, 2.24) is 9.62 Å². The molecule has 10 heteroatoms. The number of hydrogen-bond acceptors (Lipinski definition) is 5. The van der Waals surface area contributed by atoms with Crippen molar-refractivity contribution in [3.63, 3.8) is 0 Å². The summed E-state index contributed by atoms with van der Waals surface area (Å²) in [6.07, 6.45) is 2.86. The van der Waals surface area contributed by atoms with Crippen LogP contribution in [0.3, 0.4) is 0 Å². The number of amides is 1. The number of hydrogen-bond donors (Lipinski definition) is 2. The van der Waals surface area contributed by atoms with Gasteiger partial charge in [0.2, 0.25) is 0 Å². The minimum Gasteiger partial charge on any atom is -0.350 e. The van der Waals surface area contributed by atoms with Crippen molar-refractivity contribution >= 4 is 55.1 Å². The van der Waals surface area contributed by atoms with Gasteiger partial charge in [0, 0.05) is 64.1 Å². The lowest BCUT2D eigenvalue weighted by Crippen LogP contribution is -2.49. The van der Waals surface area contributed by atoms with Gasteiger partial charge in [-0.1, -0.05) is 51.8 Å². The third-order valence-corrected chi connectivity index (χ3v) is 7.70. The van der Waals surface area contributed by atoms with E-state index in [4.69, 9.17) is 16.4 Å². The number of carbonyl (C=O) groups excluding carboxylic acids is 1. The van der Waals surface area contributed by atoms with Crippen LogP contribution in [0.2, 0.25) is 5.02 Å². The predicted octanol–water partition coefficient (Wildman–Crippen LogP) is 5.89. The normalized spacial score (nSPS) is 18.4. The van der Waals surface area contributed by atoms with E-state index in [2.05, 4.69) is 25.6 Å². The Morgan fingerprint density at radius 3 is 2.66 bits per heavy atom. The number of nitrogens with zero attached hydrogens (tertiary/aromatic N) is 1. The highest BCUT2D eigenvalue weighted by molar-refractivity contribution is 9.10. The molecule has 1 amide bonds. The molecule has 3 rings (SSSR count). The van der Waals surface area contributed by atoms with Crippen molar-refractivity contribution in [2.24, 2.45) is 0 Å². The van der Waals surface area contributed by atoms with Gasteiger partial charge >= 0.3 is 0 Å². The van der Waals surface area contributed by atoms with E-state index in [1.807, 2.05) is 42.5 Å². The van der Waals surface area contributed by atoms with E-state index in [1.54, 1.807) is 0 Å². The maximum atomic E-state index is 15.2. The molecule has 1 fully saturated rings. The number of alkyl halides is 1. The summed E-state index contributed by atoms with van der Waals surface area (Å²) in [4.78, 5) is 13.3. The molecule has 2 aromatic rings. The average Bonchev–Trinajstić information content (AvgIpc) is 2.74. The minimum atomic E-state index is -2.77. The second kappa shape index (κ2) is 10.7. The first-order valence-electron chi connectivity index (χ1n) is 9.92. The Bertz CT molecular complexity index is 1120. The van der Waals surface area contributed by atoms with Crippen LogP contribution in [-0.4, -0.2) is 46.0 Å². The van der Waals surface area contributed by atoms with Crippen LogP contribution >= 0.6 is 39.5 Å². The Balaban J connectivity index is 1.64. The van der Waals surface area contributed by atoms with Gasteiger partial charge < -0.3 is 5.32 Å². The summed E-state index contributed by atoms with van der Waals surface area (Å²) in [6, 6.07) is 13.6. The summed E-state index contributed by atoms with van der Waals surface area (Å²) in [5.74, 6) is -0.667. The molecule has 1 heterocycles. The molecule has 0 bridgehead atoms. The standard InChI is InChI=1S/C22H24BrClFN3O2S2/c1-32(26,30)14-4-11-27-21(29)22(25)9-12-28(13-10-22)31-20-8-7-16(23)15-18(20)17-5-2-3-6-19(17)24/h2-8,14-15,26H,9-13H2,1H3,(H,27,29)/b14-4-. The van der Waals surface area contributed by atoms with E-state index in [-0.39, 0.29) is 19.4 Å². The summed E-state index contributed by atoms with van der Waals surface area (Å²) in [7, 11) is -2.77. The molecule has 0 radical (unpaired) electrons. The van der Waals surface area contributed by atoms with E-state index in [0.29, 0.717) is 18.1 Å². The molecule has 0 spiro atoms. The summed E-state index contributed by atoms with van der Waals surface area (Å²) in [5.41, 5.74) is -0.0328. The molecule has 0 saturated carbocycles. The zero-order valence-electron chi connectivity index (χ0n) is 17.4. The molecular weight excluding hydrogens is 537 g/mol. The zero-order valence-corrected chi connectivity index (χ0v) is 21.4. The first-order valence-corrected chi connectivity index (χ1v) is 13.9. The van der Waals surface area contributed by atoms with Crippen LogP contribution in [0.1, 0.15) is 12.8 Å². The highest BCUT2D eigenvalue weighted by Crippen LogP contribution is 2.40. The van der Waals surface area contributed by atoms with Gasteiger partial charge in [-0.25, -0.2) is 17.7 Å². The Labute approximate surface area is 206 Å². The number of halogens is 3. The van der Waals surface area contributed by atoms with Gasteiger partial charge in [0.25, 0.3) is 5.91 Å². The predicted molar refractivity (Wildman–Crippen MR) is 134 cm³/mol. The minimum absolute atomic E-state index is 0.0484. The van der Waals surface area contributed by atoms with Crippen LogP contribution in [0, 0.1) is 4.78 Å². The van der Waals surface area contributed by atoms with E-state index < -0.39 is 21.3 Å². The summed E-state index contributed by atoms with van der Waals surface area (Å²) in [5, 5.41) is 4.39. The highest BCUT2D eigenvalue weighted by atomic mass is 79.9. The first-order chi connectivity index (χ1) is 15.1. The second-order valence-electron chi connectivity index (χ2n) is 7.59. The van der Waals surface area contributed by atoms with Crippen LogP contribution in [0.25, 0.3) is 11.1 Å². The summed E-state index contributed by atoms with van der Waals surface area (Å²) < 4.78 is 36.8. The monoisotopic (exact) mass is 559 g/mol. The first kappa shape index (κ1) is 25.2. The number of benzene rings is 2. The lowest BCUT2D eigenvalue weighted by Gasteiger charge is -2.34. The summed E-state index contributed by atoms with van der Waals surface area (Å²) in [6.45, 7) is 0.878. The maximum Gasteiger partial charge on any atom is 0.258 e. The van der Waals surface area contributed by atoms with Crippen LogP contribution in [0.5, 0.6) is 0 Å². The summed E-state index contributed by atoms with van der Waals surface area (Å²) >= 11 is 11.5. The van der Waals surface area contributed by atoms with Gasteiger partial charge in [-0.15, -0.1) is 0 Å². The van der Waals surface area contributed by atoms with Gasteiger partial charge in [-0.05, 0) is 41.8 Å². The molecule has 1 atom stereocenters. The lowest BCUT2D eigenvalue weighted by molar-refractivity contribution is -0.135. The molecule has 0 aromatic heterocycles. The molecule has 172 valence electrons. The molecule has 1 unspecified atom stereocenters. The van der Waals surface area contributed by atoms with Crippen molar-refractivity contribution in [1.29, 1.82) is 4.78 Å². The lowest BCUT2D eigenvalue weighted by atomic mass is 9.93. The van der Waals surface area contributed by atoms with Gasteiger partial charge in [0.15, 0.2) is 5.67 Å². The second-order valence-corrected chi connectivity index (χ2v) is 12.1. The van der Waals surface area contributed by atoms with E-state index in [9.17, 15) is 9.00 Å². The van der Waals surface area contributed by atoms with E-state index in [0.717, 1.165) is 20.5 Å². The largest absolute Gasteiger partial charge is 0.350 e. The van der Waals surface area contributed by atoms with Crippen LogP contribution in [-0.2, 0) is 14.5 Å². The SMILES string of the molecule is CS(=N)(=O)/C=C\CNC(=O)C1(F)CCN(Sc2ccc(Br)cc2-c2ccccc2Cl)CC1. The third kappa shape index (κ3) is 6.81. The average molecular weight is 561 g/mol. The van der Waals surface area contributed by atoms with E-state index in [1.165, 1.54) is 29.7 Å². The fourth-order valence-corrected chi connectivity index (χ4v) is 5.41. The number of rotatable bonds is 7. The fraction of sp³-hybridized carbons (Fsp3) is 0.318. The van der Waals surface area contributed by atoms with Crippen molar-refractivity contribution in [3.8, 4) is 11.1 Å².